The molecule has 27 heavy (non-hydrogen) atoms. The van der Waals surface area contributed by atoms with Gasteiger partial charge >= 0.3 is 0 Å². The van der Waals surface area contributed by atoms with E-state index in [2.05, 4.69) is 29.9 Å². The molecule has 1 fully saturated rings. The number of benzene rings is 1. The van der Waals surface area contributed by atoms with Crippen LogP contribution in [0.15, 0.2) is 22.6 Å². The Morgan fingerprint density at radius 2 is 1.96 bits per heavy atom. The zero-order valence-corrected chi connectivity index (χ0v) is 17.9. The first-order valence-electron chi connectivity index (χ1n) is 9.24. The highest BCUT2D eigenvalue weighted by molar-refractivity contribution is 7.91. The van der Waals surface area contributed by atoms with Gasteiger partial charge in [-0.1, -0.05) is 31.0 Å². The van der Waals surface area contributed by atoms with E-state index in [-0.39, 0.29) is 17.5 Å². The second-order valence-electron chi connectivity index (χ2n) is 7.91. The molecule has 0 radical (unpaired) electrons. The van der Waals surface area contributed by atoms with Gasteiger partial charge in [-0.15, -0.1) is 5.10 Å². The van der Waals surface area contributed by atoms with E-state index >= 15 is 0 Å². The van der Waals surface area contributed by atoms with Gasteiger partial charge in [-0.2, -0.15) is 0 Å². The lowest BCUT2D eigenvalue weighted by Gasteiger charge is -2.29. The van der Waals surface area contributed by atoms with Gasteiger partial charge in [0, 0.05) is 18.2 Å². The number of rotatable bonds is 6. The third-order valence-electron chi connectivity index (χ3n) is 4.71. The minimum atomic E-state index is -2.95. The molecular weight excluding hydrogens is 382 g/mol. The molecule has 2 aromatic rings. The van der Waals surface area contributed by atoms with Crippen LogP contribution in [-0.4, -0.2) is 47.2 Å². The van der Waals surface area contributed by atoms with Crippen LogP contribution in [-0.2, 0) is 16.5 Å². The molecular formula is C19H27N3O3S2. The van der Waals surface area contributed by atoms with E-state index in [9.17, 15) is 8.42 Å². The largest absolute Gasteiger partial charge is 0.409 e. The highest BCUT2D eigenvalue weighted by Crippen LogP contribution is 2.23. The number of hydrogen-bond donors (Lipinski definition) is 0. The van der Waals surface area contributed by atoms with Gasteiger partial charge in [-0.05, 0) is 50.5 Å². The Morgan fingerprint density at radius 1 is 1.30 bits per heavy atom. The molecule has 0 N–H and O–H groups in total. The molecule has 1 aliphatic rings. The molecule has 0 bridgehead atoms. The Hall–Kier alpha value is -1.51. The van der Waals surface area contributed by atoms with Crippen LogP contribution in [0.1, 0.15) is 31.4 Å². The lowest BCUT2D eigenvalue weighted by atomic mass is 10.1. The van der Waals surface area contributed by atoms with Gasteiger partial charge in [0.15, 0.2) is 9.84 Å². The van der Waals surface area contributed by atoms with Crippen LogP contribution in [0, 0.1) is 24.6 Å². The van der Waals surface area contributed by atoms with Crippen LogP contribution in [0.4, 0.5) is 0 Å². The molecule has 2 heterocycles. The van der Waals surface area contributed by atoms with Gasteiger partial charge in [0.05, 0.1) is 18.2 Å². The van der Waals surface area contributed by atoms with Crippen LogP contribution in [0.3, 0.4) is 0 Å². The molecule has 8 heteroatoms. The summed E-state index contributed by atoms with van der Waals surface area (Å²) in [6.45, 7) is 9.54. The summed E-state index contributed by atoms with van der Waals surface area (Å²) in [4.78, 5) is 2.47. The fraction of sp³-hybridized carbons (Fsp3) is 0.579. The average Bonchev–Trinajstić information content (AvgIpc) is 3.08. The second kappa shape index (κ2) is 7.85. The van der Waals surface area contributed by atoms with Crippen LogP contribution in [0.25, 0.3) is 11.5 Å². The highest BCUT2D eigenvalue weighted by Gasteiger charge is 2.33. The van der Waals surface area contributed by atoms with Crippen molar-refractivity contribution in [3.8, 4) is 11.5 Å². The second-order valence-corrected chi connectivity index (χ2v) is 10.5. The molecule has 1 aliphatic heterocycles. The summed E-state index contributed by atoms with van der Waals surface area (Å²) < 4.78 is 31.2. The smallest absolute Gasteiger partial charge is 0.288 e. The van der Waals surface area contributed by atoms with Crippen molar-refractivity contribution < 1.29 is 12.8 Å². The van der Waals surface area contributed by atoms with E-state index in [1.54, 1.807) is 4.68 Å². The maximum atomic E-state index is 11.9. The number of hydrogen-bond acceptors (Lipinski definition) is 6. The number of nitrogens with zero attached hydrogens (tertiary/aromatic N) is 3. The molecule has 0 spiro atoms. The van der Waals surface area contributed by atoms with Gasteiger partial charge in [0.25, 0.3) is 4.84 Å². The predicted octanol–water partition coefficient (Wildman–Crippen LogP) is 3.59. The Labute approximate surface area is 166 Å². The topological polar surface area (TPSA) is 68.3 Å². The van der Waals surface area contributed by atoms with Crippen molar-refractivity contribution in [2.75, 3.05) is 18.1 Å². The first kappa shape index (κ1) is 20.2. The van der Waals surface area contributed by atoms with Crippen molar-refractivity contribution in [2.45, 2.75) is 46.8 Å². The SMILES string of the molecule is Cc1cc(C)cc(-c2nn(CN(CC(C)C)[C@H]3CCS(=O)(=O)C3)c(=S)o2)c1. The fourth-order valence-electron chi connectivity index (χ4n) is 3.64. The average molecular weight is 410 g/mol. The normalized spacial score (nSPS) is 19.3. The number of sulfone groups is 1. The van der Waals surface area contributed by atoms with Gasteiger partial charge in [-0.25, -0.2) is 13.1 Å². The third-order valence-corrected chi connectivity index (χ3v) is 6.76. The molecule has 1 saturated heterocycles. The molecule has 1 aromatic heterocycles. The van der Waals surface area contributed by atoms with E-state index in [0.29, 0.717) is 29.7 Å². The van der Waals surface area contributed by atoms with Crippen molar-refractivity contribution in [3.63, 3.8) is 0 Å². The summed E-state index contributed by atoms with van der Waals surface area (Å²) in [5.41, 5.74) is 3.17. The predicted molar refractivity (Wildman–Crippen MR) is 109 cm³/mol. The molecule has 1 aromatic carbocycles. The minimum absolute atomic E-state index is 0.000615. The summed E-state index contributed by atoms with van der Waals surface area (Å²) in [6, 6.07) is 6.14. The maximum Gasteiger partial charge on any atom is 0.288 e. The van der Waals surface area contributed by atoms with Crippen LogP contribution in [0.5, 0.6) is 0 Å². The minimum Gasteiger partial charge on any atom is -0.409 e. The molecule has 0 amide bonds. The van der Waals surface area contributed by atoms with Gasteiger partial charge in [-0.3, -0.25) is 4.90 Å². The van der Waals surface area contributed by atoms with Gasteiger partial charge < -0.3 is 4.42 Å². The van der Waals surface area contributed by atoms with Crippen molar-refractivity contribution >= 4 is 22.1 Å². The molecule has 1 atom stereocenters. The molecule has 0 aliphatic carbocycles. The van der Waals surface area contributed by atoms with E-state index in [1.165, 1.54) is 0 Å². The zero-order valence-electron chi connectivity index (χ0n) is 16.3. The first-order valence-corrected chi connectivity index (χ1v) is 11.5. The summed E-state index contributed by atoms with van der Waals surface area (Å²) >= 11 is 5.38. The lowest BCUT2D eigenvalue weighted by molar-refractivity contribution is 0.136. The number of aryl methyl sites for hydroxylation is 2. The maximum absolute atomic E-state index is 11.9. The van der Waals surface area contributed by atoms with Crippen molar-refractivity contribution in [3.05, 3.63) is 34.2 Å². The van der Waals surface area contributed by atoms with E-state index in [1.807, 2.05) is 26.0 Å². The van der Waals surface area contributed by atoms with E-state index in [0.717, 1.165) is 23.2 Å². The molecule has 0 saturated carbocycles. The Bertz CT molecular complexity index is 956. The molecule has 3 rings (SSSR count). The highest BCUT2D eigenvalue weighted by atomic mass is 32.2. The van der Waals surface area contributed by atoms with Crippen LogP contribution in [0.2, 0.25) is 0 Å². The monoisotopic (exact) mass is 409 g/mol. The third kappa shape index (κ3) is 5.06. The molecule has 6 nitrogen and oxygen atoms in total. The van der Waals surface area contributed by atoms with Crippen molar-refractivity contribution in [1.82, 2.24) is 14.7 Å². The van der Waals surface area contributed by atoms with Crippen LogP contribution >= 0.6 is 12.2 Å². The Balaban J connectivity index is 1.86. The number of aromatic nitrogens is 2. The quantitative estimate of drug-likeness (QED) is 0.679. The first-order chi connectivity index (χ1) is 12.6. The summed E-state index contributed by atoms with van der Waals surface area (Å²) in [6.07, 6.45) is 0.657. The summed E-state index contributed by atoms with van der Waals surface area (Å²) in [7, 11) is -2.95. The van der Waals surface area contributed by atoms with E-state index in [4.69, 9.17) is 16.6 Å². The molecule has 148 valence electrons. The fourth-order valence-corrected chi connectivity index (χ4v) is 5.58. The van der Waals surface area contributed by atoms with Gasteiger partial charge in [0.1, 0.15) is 0 Å². The van der Waals surface area contributed by atoms with Crippen LogP contribution < -0.4 is 0 Å². The summed E-state index contributed by atoms with van der Waals surface area (Å²) in [5.74, 6) is 1.36. The van der Waals surface area contributed by atoms with E-state index < -0.39 is 9.84 Å². The standard InChI is InChI=1S/C19H27N3O3S2/c1-13(2)10-21(17-5-6-27(23,24)11-17)12-22-19(26)25-18(20-22)16-8-14(3)7-15(4)9-16/h7-9,13,17H,5-6,10-12H2,1-4H3/t17-/m0/s1. The zero-order chi connectivity index (χ0) is 19.8. The summed E-state index contributed by atoms with van der Waals surface area (Å²) in [5, 5.41) is 4.57. The molecule has 0 unspecified atom stereocenters. The Morgan fingerprint density at radius 3 is 2.52 bits per heavy atom. The Kier molecular flexibility index (Phi) is 5.88. The van der Waals surface area contributed by atoms with Crippen molar-refractivity contribution in [1.29, 1.82) is 0 Å². The lowest BCUT2D eigenvalue weighted by Crippen LogP contribution is -2.40. The van der Waals surface area contributed by atoms with Gasteiger partial charge in [0.2, 0.25) is 5.89 Å². The van der Waals surface area contributed by atoms with Crippen molar-refractivity contribution in [2.24, 2.45) is 5.92 Å².